The minimum absolute atomic E-state index is 0.0457. The maximum atomic E-state index is 14.2. The number of aromatic nitrogens is 3. The maximum Gasteiger partial charge on any atom is 0.326 e. The molecule has 0 spiro atoms. The highest BCUT2D eigenvalue weighted by Crippen LogP contribution is 2.19. The Bertz CT molecular complexity index is 2340. The number of benzene rings is 2. The molecule has 0 unspecified atom stereocenters. The molecule has 8 amide bonds. The Balaban J connectivity index is 1.43. The Morgan fingerprint density at radius 3 is 2.24 bits per heavy atom. The van der Waals surface area contributed by atoms with Crippen molar-refractivity contribution in [3.63, 3.8) is 0 Å². The Morgan fingerprint density at radius 2 is 1.53 bits per heavy atom. The highest BCUT2D eigenvalue weighted by molar-refractivity contribution is 5.97. The van der Waals surface area contributed by atoms with Gasteiger partial charge in [0.2, 0.25) is 47.3 Å². The van der Waals surface area contributed by atoms with Gasteiger partial charge < -0.3 is 57.6 Å². The van der Waals surface area contributed by atoms with E-state index in [1.807, 2.05) is 19.1 Å². The molecular weight excluding hydrogens is 855 g/mol. The number of carbonyl (C=O) groups is 9. The van der Waals surface area contributed by atoms with Crippen molar-refractivity contribution in [3.05, 3.63) is 90.1 Å². The van der Waals surface area contributed by atoms with Gasteiger partial charge >= 0.3 is 5.97 Å². The normalized spacial score (nSPS) is 20.1. The molecule has 5 rings (SSSR count). The minimum atomic E-state index is -1.43. The fourth-order valence-electron chi connectivity index (χ4n) is 7.41. The van der Waals surface area contributed by atoms with Gasteiger partial charge in [0.1, 0.15) is 36.3 Å². The van der Waals surface area contributed by atoms with Crippen molar-refractivity contribution in [3.8, 4) is 0 Å². The van der Waals surface area contributed by atoms with Crippen LogP contribution in [-0.4, -0.2) is 123 Å². The van der Waals surface area contributed by atoms with Crippen LogP contribution in [0.5, 0.6) is 0 Å². The summed E-state index contributed by atoms with van der Waals surface area (Å²) in [6.45, 7) is 2.28. The smallest absolute Gasteiger partial charge is 0.326 e. The Labute approximate surface area is 380 Å². The molecule has 0 aliphatic carbocycles. The molecule has 1 fully saturated rings. The van der Waals surface area contributed by atoms with E-state index < -0.39 is 96.0 Å². The standard InChI is InChI=1S/C45H57N11O10/c1-3-4-13-32(51-26(2)57)41(61)53-33-15-16-38(58)47-18-17-34(43(63)56-37(45(65)66)20-28-22-48-31-14-9-8-12-30(28)31)52-39(59)24-49-40(60)35(19-27-10-6-5-7-11-27)54-44(64)36(55-42(33)62)21-29-23-46-25-50-29/h5-12,14,22-23,25,32-37,48H,3-4,13,15-21,24H2,1-2H3,(H,46,50)(H,47,58)(H,49,60)(H,51,57)(H,52,59)(H,53,61)(H,54,64)(H,55,62)(H,56,63)(H,65,66)/t32-,33-,34-,35+,36-,37-/m0/s1. The van der Waals surface area contributed by atoms with E-state index in [0.29, 0.717) is 29.7 Å². The molecule has 21 heteroatoms. The maximum absolute atomic E-state index is 14.2. The number of fused-ring (bicyclic) bond motifs is 1. The van der Waals surface area contributed by atoms with E-state index in [2.05, 4.69) is 57.5 Å². The van der Waals surface area contributed by atoms with Gasteiger partial charge in [0.05, 0.1) is 18.6 Å². The van der Waals surface area contributed by atoms with Gasteiger partial charge in [-0.2, -0.15) is 0 Å². The monoisotopic (exact) mass is 911 g/mol. The number of carbonyl (C=O) groups excluding carboxylic acids is 8. The Kier molecular flexibility index (Phi) is 18.3. The summed E-state index contributed by atoms with van der Waals surface area (Å²) in [5.41, 5.74) is 2.40. The molecule has 1 saturated heterocycles. The van der Waals surface area contributed by atoms with Gasteiger partial charge in [-0.15, -0.1) is 0 Å². The van der Waals surface area contributed by atoms with Crippen molar-refractivity contribution in [2.24, 2.45) is 0 Å². The number of hydrogen-bond acceptors (Lipinski definition) is 10. The van der Waals surface area contributed by atoms with E-state index in [0.717, 1.165) is 10.9 Å². The van der Waals surface area contributed by atoms with Crippen LogP contribution in [0.2, 0.25) is 0 Å². The predicted molar refractivity (Wildman–Crippen MR) is 239 cm³/mol. The number of amides is 8. The van der Waals surface area contributed by atoms with Crippen LogP contribution in [-0.2, 0) is 62.4 Å². The van der Waals surface area contributed by atoms with Crippen LogP contribution in [0.3, 0.4) is 0 Å². The number of aromatic amines is 2. The fraction of sp³-hybridized carbons (Fsp3) is 0.422. The molecule has 352 valence electrons. The third-order valence-corrected chi connectivity index (χ3v) is 10.9. The van der Waals surface area contributed by atoms with Crippen LogP contribution in [0.15, 0.2) is 73.3 Å². The van der Waals surface area contributed by atoms with E-state index in [-0.39, 0.29) is 51.5 Å². The van der Waals surface area contributed by atoms with E-state index >= 15 is 0 Å². The molecule has 2 aromatic heterocycles. The average Bonchev–Trinajstić information content (AvgIpc) is 3.97. The number of carboxylic acids is 1. The molecule has 0 saturated carbocycles. The number of aliphatic carboxylic acids is 1. The van der Waals surface area contributed by atoms with E-state index in [9.17, 15) is 48.3 Å². The van der Waals surface area contributed by atoms with Gasteiger partial charge in [0.15, 0.2) is 0 Å². The summed E-state index contributed by atoms with van der Waals surface area (Å²) in [5, 5.41) is 31.6. The van der Waals surface area contributed by atoms with Crippen LogP contribution in [0.25, 0.3) is 10.9 Å². The molecule has 66 heavy (non-hydrogen) atoms. The molecule has 3 heterocycles. The average molecular weight is 912 g/mol. The lowest BCUT2D eigenvalue weighted by Gasteiger charge is -2.26. The number of hydrogen-bond donors (Lipinski definition) is 11. The van der Waals surface area contributed by atoms with Crippen molar-refractivity contribution < 1.29 is 48.3 Å². The number of rotatable bonds is 15. The van der Waals surface area contributed by atoms with Gasteiger partial charge in [-0.25, -0.2) is 9.78 Å². The first-order valence-electron chi connectivity index (χ1n) is 21.8. The van der Waals surface area contributed by atoms with Gasteiger partial charge in [0.25, 0.3) is 0 Å². The first-order valence-corrected chi connectivity index (χ1v) is 21.8. The third-order valence-electron chi connectivity index (χ3n) is 10.9. The molecule has 6 atom stereocenters. The summed E-state index contributed by atoms with van der Waals surface area (Å²) in [6.07, 6.45) is 4.89. The van der Waals surface area contributed by atoms with E-state index in [1.165, 1.54) is 19.4 Å². The van der Waals surface area contributed by atoms with Crippen LogP contribution in [0, 0.1) is 0 Å². The Morgan fingerprint density at radius 1 is 0.803 bits per heavy atom. The lowest BCUT2D eigenvalue weighted by molar-refractivity contribution is -0.142. The number of para-hydroxylation sites is 1. The van der Waals surface area contributed by atoms with Gasteiger partial charge in [-0.3, -0.25) is 38.4 Å². The van der Waals surface area contributed by atoms with Crippen LogP contribution < -0.4 is 42.5 Å². The molecule has 1 aliphatic rings. The fourth-order valence-corrected chi connectivity index (χ4v) is 7.41. The number of carboxylic acid groups (broad SMARTS) is 1. The van der Waals surface area contributed by atoms with Crippen molar-refractivity contribution >= 4 is 64.1 Å². The van der Waals surface area contributed by atoms with Crippen LogP contribution in [0.4, 0.5) is 0 Å². The highest BCUT2D eigenvalue weighted by Gasteiger charge is 2.33. The lowest BCUT2D eigenvalue weighted by Crippen LogP contribution is -2.59. The quantitative estimate of drug-likeness (QED) is 0.0725. The lowest BCUT2D eigenvalue weighted by atomic mass is 10.0. The van der Waals surface area contributed by atoms with E-state index in [1.54, 1.807) is 48.7 Å². The number of H-pyrrole nitrogens is 2. The number of imidazole rings is 1. The molecule has 0 radical (unpaired) electrons. The number of nitrogens with zero attached hydrogens (tertiary/aromatic N) is 1. The highest BCUT2D eigenvalue weighted by atomic mass is 16.4. The van der Waals surface area contributed by atoms with Crippen molar-refractivity contribution in [2.45, 2.75) is 108 Å². The van der Waals surface area contributed by atoms with Crippen molar-refractivity contribution in [1.29, 1.82) is 0 Å². The molecule has 21 nitrogen and oxygen atoms in total. The SMILES string of the molecule is CCCC[C@H](NC(C)=O)C(=O)N[C@H]1CCC(=O)NCC[C@@H](C(=O)N[C@@H](Cc2c[nH]c3ccccc23)C(=O)O)NC(=O)CNC(=O)[C@@H](Cc2ccccc2)NC(=O)[C@H](Cc2c[nH]cn2)NC1=O. The topological polar surface area (TPSA) is 315 Å². The zero-order chi connectivity index (χ0) is 47.6. The van der Waals surface area contributed by atoms with Gasteiger partial charge in [0, 0.05) is 62.4 Å². The summed E-state index contributed by atoms with van der Waals surface area (Å²) < 4.78 is 0. The number of nitrogens with one attached hydrogen (secondary N) is 10. The third kappa shape index (κ3) is 15.0. The second-order valence-electron chi connectivity index (χ2n) is 16.0. The number of unbranched alkanes of at least 4 members (excludes halogenated alkanes) is 1. The Hall–Kier alpha value is -7.58. The largest absolute Gasteiger partial charge is 0.480 e. The summed E-state index contributed by atoms with van der Waals surface area (Å²) in [7, 11) is 0. The molecule has 1 aliphatic heterocycles. The van der Waals surface area contributed by atoms with E-state index in [4.69, 9.17) is 0 Å². The second kappa shape index (κ2) is 24.5. The predicted octanol–water partition coefficient (Wildman–Crippen LogP) is -0.461. The summed E-state index contributed by atoms with van der Waals surface area (Å²) in [5.74, 6) is -7.29. The first kappa shape index (κ1) is 49.4. The van der Waals surface area contributed by atoms with Gasteiger partial charge in [-0.05, 0) is 36.5 Å². The summed E-state index contributed by atoms with van der Waals surface area (Å²) in [6, 6.07) is 8.00. The van der Waals surface area contributed by atoms with Crippen molar-refractivity contribution in [1.82, 2.24) is 57.5 Å². The summed E-state index contributed by atoms with van der Waals surface area (Å²) in [4.78, 5) is 131. The summed E-state index contributed by atoms with van der Waals surface area (Å²) >= 11 is 0. The molecular formula is C45H57N11O10. The van der Waals surface area contributed by atoms with Crippen molar-refractivity contribution in [2.75, 3.05) is 13.1 Å². The van der Waals surface area contributed by atoms with Crippen LogP contribution in [0.1, 0.15) is 69.2 Å². The zero-order valence-corrected chi connectivity index (χ0v) is 36.7. The second-order valence-corrected chi connectivity index (χ2v) is 16.0. The molecule has 2 aromatic carbocycles. The molecule has 0 bridgehead atoms. The van der Waals surface area contributed by atoms with Gasteiger partial charge in [-0.1, -0.05) is 68.3 Å². The molecule has 4 aromatic rings. The molecule has 11 N–H and O–H groups in total. The zero-order valence-electron chi connectivity index (χ0n) is 36.7. The van der Waals surface area contributed by atoms with Crippen LogP contribution >= 0.6 is 0 Å². The first-order chi connectivity index (χ1) is 31.7. The minimum Gasteiger partial charge on any atom is -0.480 e.